The Labute approximate surface area is 156 Å². The molecule has 2 heterocycles. The van der Waals surface area contributed by atoms with Gasteiger partial charge in [0, 0.05) is 25.2 Å². The summed E-state index contributed by atoms with van der Waals surface area (Å²) in [7, 11) is 1.59. The van der Waals surface area contributed by atoms with Crippen LogP contribution in [-0.4, -0.2) is 39.8 Å². The van der Waals surface area contributed by atoms with Gasteiger partial charge in [-0.15, -0.1) is 11.8 Å². The maximum atomic E-state index is 12.2. The second-order valence-corrected chi connectivity index (χ2v) is 7.48. The van der Waals surface area contributed by atoms with Gasteiger partial charge < -0.3 is 9.84 Å². The summed E-state index contributed by atoms with van der Waals surface area (Å²) in [4.78, 5) is 33.1. The van der Waals surface area contributed by atoms with Gasteiger partial charge in [-0.25, -0.2) is 19.6 Å². The minimum atomic E-state index is -1.01. The Morgan fingerprint density at radius 1 is 1.23 bits per heavy atom. The summed E-state index contributed by atoms with van der Waals surface area (Å²) >= 11 is 1.31. The van der Waals surface area contributed by atoms with Crippen LogP contribution < -0.4 is 4.90 Å². The number of amides is 1. The zero-order valence-corrected chi connectivity index (χ0v) is 15.9. The maximum absolute atomic E-state index is 12.2. The molecule has 0 atom stereocenters. The molecule has 8 heteroatoms. The van der Waals surface area contributed by atoms with Gasteiger partial charge in [-0.1, -0.05) is 0 Å². The molecule has 0 aromatic carbocycles. The number of rotatable bonds is 5. The molecular weight excluding hydrogens is 354 g/mol. The SMILES string of the molecule is CN(C(=O)OC(C)(C)C)c1cc(CSc2ncccc2C(=O)O)ccn1. The van der Waals surface area contributed by atoms with Crippen LogP contribution in [0.2, 0.25) is 0 Å². The quantitative estimate of drug-likeness (QED) is 0.794. The molecular formula is C18H21N3O4S. The molecule has 0 aliphatic heterocycles. The van der Waals surface area contributed by atoms with Gasteiger partial charge in [0.25, 0.3) is 0 Å². The van der Waals surface area contributed by atoms with Gasteiger partial charge in [-0.2, -0.15) is 0 Å². The molecule has 26 heavy (non-hydrogen) atoms. The number of nitrogens with zero attached hydrogens (tertiary/aromatic N) is 3. The van der Waals surface area contributed by atoms with Crippen LogP contribution in [0.25, 0.3) is 0 Å². The van der Waals surface area contributed by atoms with E-state index in [1.54, 1.807) is 52.3 Å². The van der Waals surface area contributed by atoms with E-state index in [9.17, 15) is 14.7 Å². The summed E-state index contributed by atoms with van der Waals surface area (Å²) in [5.41, 5.74) is 0.459. The summed E-state index contributed by atoms with van der Waals surface area (Å²) in [5, 5.41) is 9.66. The van der Waals surface area contributed by atoms with Crippen LogP contribution in [0.1, 0.15) is 36.7 Å². The van der Waals surface area contributed by atoms with Gasteiger partial charge in [0.2, 0.25) is 0 Å². The molecule has 0 bridgehead atoms. The van der Waals surface area contributed by atoms with Crippen molar-refractivity contribution in [1.82, 2.24) is 9.97 Å². The minimum absolute atomic E-state index is 0.164. The smallest absolute Gasteiger partial charge is 0.415 e. The zero-order chi connectivity index (χ0) is 19.3. The molecule has 1 amide bonds. The number of carboxylic acids is 1. The average Bonchev–Trinajstić information content (AvgIpc) is 2.58. The Balaban J connectivity index is 2.10. The summed E-state index contributed by atoms with van der Waals surface area (Å²) in [6.07, 6.45) is 2.67. The zero-order valence-electron chi connectivity index (χ0n) is 15.1. The third-order valence-electron chi connectivity index (χ3n) is 3.20. The highest BCUT2D eigenvalue weighted by Gasteiger charge is 2.21. The topological polar surface area (TPSA) is 92.6 Å². The number of carboxylic acid groups (broad SMARTS) is 1. The van der Waals surface area contributed by atoms with E-state index < -0.39 is 17.7 Å². The molecule has 0 aliphatic rings. The number of carbonyl (C=O) groups is 2. The van der Waals surface area contributed by atoms with Crippen molar-refractivity contribution in [2.24, 2.45) is 0 Å². The van der Waals surface area contributed by atoms with E-state index in [2.05, 4.69) is 9.97 Å². The van der Waals surface area contributed by atoms with Crippen LogP contribution in [-0.2, 0) is 10.5 Å². The van der Waals surface area contributed by atoms with E-state index in [0.29, 0.717) is 16.6 Å². The van der Waals surface area contributed by atoms with Gasteiger partial charge in [-0.05, 0) is 50.6 Å². The summed E-state index contributed by atoms with van der Waals surface area (Å²) in [6, 6.07) is 6.68. The standard InChI is InChI=1S/C18H21N3O4S/c1-18(2,3)25-17(24)21(4)14-10-12(7-9-19-14)11-26-15-13(16(22)23)6-5-8-20-15/h5-10H,11H2,1-4H3,(H,22,23). The molecule has 7 nitrogen and oxygen atoms in total. The lowest BCUT2D eigenvalue weighted by Gasteiger charge is -2.24. The van der Waals surface area contributed by atoms with Gasteiger partial charge in [-0.3, -0.25) is 4.90 Å². The summed E-state index contributed by atoms with van der Waals surface area (Å²) < 4.78 is 5.33. The van der Waals surface area contributed by atoms with E-state index in [4.69, 9.17) is 4.74 Å². The van der Waals surface area contributed by atoms with E-state index in [1.165, 1.54) is 22.7 Å². The van der Waals surface area contributed by atoms with E-state index in [1.807, 2.05) is 6.07 Å². The lowest BCUT2D eigenvalue weighted by molar-refractivity contribution is 0.0587. The molecule has 2 rings (SSSR count). The van der Waals surface area contributed by atoms with Crippen molar-refractivity contribution >= 4 is 29.6 Å². The number of pyridine rings is 2. The number of anilines is 1. The Bertz CT molecular complexity index is 805. The fraction of sp³-hybridized carbons (Fsp3) is 0.333. The predicted octanol–water partition coefficient (Wildman–Crippen LogP) is 3.84. The Morgan fingerprint density at radius 3 is 2.62 bits per heavy atom. The lowest BCUT2D eigenvalue weighted by atomic mass is 10.2. The molecule has 2 aromatic heterocycles. The maximum Gasteiger partial charge on any atom is 0.415 e. The van der Waals surface area contributed by atoms with Crippen molar-refractivity contribution < 1.29 is 19.4 Å². The third kappa shape index (κ3) is 5.45. The number of ether oxygens (including phenoxy) is 1. The first-order valence-electron chi connectivity index (χ1n) is 7.90. The molecule has 0 aliphatic carbocycles. The molecule has 0 saturated heterocycles. The van der Waals surface area contributed by atoms with E-state index in [-0.39, 0.29) is 5.56 Å². The molecule has 0 saturated carbocycles. The van der Waals surface area contributed by atoms with Crippen molar-refractivity contribution in [3.63, 3.8) is 0 Å². The van der Waals surface area contributed by atoms with Crippen molar-refractivity contribution in [3.05, 3.63) is 47.8 Å². The molecule has 0 fully saturated rings. The Morgan fingerprint density at radius 2 is 1.96 bits per heavy atom. The monoisotopic (exact) mass is 375 g/mol. The Hall–Kier alpha value is -2.61. The van der Waals surface area contributed by atoms with Crippen molar-refractivity contribution in [2.45, 2.75) is 37.2 Å². The van der Waals surface area contributed by atoms with Crippen LogP contribution in [0, 0.1) is 0 Å². The van der Waals surface area contributed by atoms with Gasteiger partial charge in [0.15, 0.2) is 0 Å². The summed E-state index contributed by atoms with van der Waals surface area (Å²) in [5.74, 6) is -0.0629. The fourth-order valence-electron chi connectivity index (χ4n) is 1.98. The number of aromatic nitrogens is 2. The highest BCUT2D eigenvalue weighted by Crippen LogP contribution is 2.25. The molecule has 2 aromatic rings. The number of hydrogen-bond donors (Lipinski definition) is 1. The van der Waals surface area contributed by atoms with E-state index in [0.717, 1.165) is 5.56 Å². The largest absolute Gasteiger partial charge is 0.478 e. The highest BCUT2D eigenvalue weighted by atomic mass is 32.2. The number of hydrogen-bond acceptors (Lipinski definition) is 6. The Kier molecular flexibility index (Phi) is 6.20. The third-order valence-corrected chi connectivity index (χ3v) is 4.27. The molecule has 0 unspecified atom stereocenters. The highest BCUT2D eigenvalue weighted by molar-refractivity contribution is 7.98. The summed E-state index contributed by atoms with van der Waals surface area (Å²) in [6.45, 7) is 5.39. The molecule has 138 valence electrons. The normalized spacial score (nSPS) is 11.1. The molecule has 0 radical (unpaired) electrons. The van der Waals surface area contributed by atoms with Crippen LogP contribution in [0.3, 0.4) is 0 Å². The minimum Gasteiger partial charge on any atom is -0.478 e. The number of aromatic carboxylic acids is 1. The van der Waals surface area contributed by atoms with Crippen LogP contribution in [0.4, 0.5) is 10.6 Å². The first kappa shape index (κ1) is 19.7. The van der Waals surface area contributed by atoms with Crippen molar-refractivity contribution in [1.29, 1.82) is 0 Å². The van der Waals surface area contributed by atoms with Crippen molar-refractivity contribution in [3.8, 4) is 0 Å². The van der Waals surface area contributed by atoms with E-state index >= 15 is 0 Å². The van der Waals surface area contributed by atoms with Crippen molar-refractivity contribution in [2.75, 3.05) is 11.9 Å². The van der Waals surface area contributed by atoms with Crippen LogP contribution in [0.15, 0.2) is 41.7 Å². The van der Waals surface area contributed by atoms with Crippen LogP contribution in [0.5, 0.6) is 0 Å². The van der Waals surface area contributed by atoms with Crippen LogP contribution >= 0.6 is 11.8 Å². The number of thioether (sulfide) groups is 1. The van der Waals surface area contributed by atoms with Gasteiger partial charge >= 0.3 is 12.1 Å². The van der Waals surface area contributed by atoms with Gasteiger partial charge in [0.05, 0.1) is 5.56 Å². The fourth-order valence-corrected chi connectivity index (χ4v) is 2.91. The van der Waals surface area contributed by atoms with Gasteiger partial charge in [0.1, 0.15) is 16.4 Å². The second kappa shape index (κ2) is 8.18. The predicted molar refractivity (Wildman–Crippen MR) is 99.6 cm³/mol. The molecule has 0 spiro atoms. The first-order chi connectivity index (χ1) is 12.2. The average molecular weight is 375 g/mol. The lowest BCUT2D eigenvalue weighted by Crippen LogP contribution is -2.34. The first-order valence-corrected chi connectivity index (χ1v) is 8.88. The second-order valence-electron chi connectivity index (χ2n) is 6.51. The molecule has 1 N–H and O–H groups in total. The number of carbonyl (C=O) groups excluding carboxylic acids is 1.